The van der Waals surface area contributed by atoms with E-state index in [-0.39, 0.29) is 11.4 Å². The highest BCUT2D eigenvalue weighted by Gasteiger charge is 2.37. The third-order valence-electron chi connectivity index (χ3n) is 3.56. The Kier molecular flexibility index (Phi) is 5.01. The maximum absolute atomic E-state index is 12.4. The van der Waals surface area contributed by atoms with Crippen LogP contribution in [0, 0.1) is 5.41 Å². The number of fused-ring (bicyclic) bond motifs is 1. The Morgan fingerprint density at radius 1 is 1.28 bits per heavy atom. The van der Waals surface area contributed by atoms with E-state index in [9.17, 15) is 4.79 Å². The van der Waals surface area contributed by atoms with Gasteiger partial charge in [-0.15, -0.1) is 0 Å². The van der Waals surface area contributed by atoms with Crippen LogP contribution in [0.15, 0.2) is 39.2 Å². The van der Waals surface area contributed by atoms with Crippen molar-refractivity contribution in [2.24, 2.45) is 9.39 Å². The normalized spacial score (nSPS) is 18.6. The molecule has 0 fully saturated rings. The number of carbonyl (C=O) groups is 1. The number of nitrogens with one attached hydrogen (secondary N) is 1. The number of amides is 1. The van der Waals surface area contributed by atoms with Crippen LogP contribution >= 0.6 is 23.7 Å². The Morgan fingerprint density at radius 3 is 2.56 bits per heavy atom. The Balaban J connectivity index is 1.91. The van der Waals surface area contributed by atoms with Gasteiger partial charge >= 0.3 is 0 Å². The minimum absolute atomic E-state index is 0.128. The van der Waals surface area contributed by atoms with Gasteiger partial charge in [0.25, 0.3) is 5.91 Å². The summed E-state index contributed by atoms with van der Waals surface area (Å²) in [6.45, 7) is 4.13. The number of carbonyl (C=O) groups excluding carboxylic acids is 1. The third kappa shape index (κ3) is 3.64. The molecule has 0 radical (unpaired) electrons. The molecule has 2 aliphatic rings. The summed E-state index contributed by atoms with van der Waals surface area (Å²) in [4.78, 5) is 20.1. The van der Waals surface area contributed by atoms with Crippen LogP contribution in [0.5, 0.6) is 0 Å². The lowest BCUT2D eigenvalue weighted by Crippen LogP contribution is -2.41. The quantitative estimate of drug-likeness (QED) is 0.649. The highest BCUT2D eigenvalue weighted by molar-refractivity contribution is 8.19. The van der Waals surface area contributed by atoms with Gasteiger partial charge in [0.1, 0.15) is 5.84 Å². The van der Waals surface area contributed by atoms with Gasteiger partial charge in [0.05, 0.1) is 17.5 Å². The van der Waals surface area contributed by atoms with Gasteiger partial charge in [-0.3, -0.25) is 10.2 Å². The lowest BCUT2D eigenvalue weighted by Gasteiger charge is -2.25. The predicted molar refractivity (Wildman–Crippen MR) is 109 cm³/mol. The van der Waals surface area contributed by atoms with Crippen molar-refractivity contribution in [2.75, 3.05) is 19.0 Å². The number of hydrogen-bond acceptors (Lipinski definition) is 6. The summed E-state index contributed by atoms with van der Waals surface area (Å²) in [5.41, 5.74) is 2.21. The predicted octanol–water partition coefficient (Wildman–Crippen LogP) is 3.47. The molecular weight excluding hydrogens is 354 g/mol. The van der Waals surface area contributed by atoms with E-state index in [1.165, 1.54) is 0 Å². The van der Waals surface area contributed by atoms with Crippen molar-refractivity contribution in [3.63, 3.8) is 0 Å². The first-order chi connectivity index (χ1) is 11.9. The van der Waals surface area contributed by atoms with E-state index >= 15 is 0 Å². The summed E-state index contributed by atoms with van der Waals surface area (Å²) in [5.74, 6) is -0.269. The molecule has 3 rings (SSSR count). The van der Waals surface area contributed by atoms with E-state index in [1.54, 1.807) is 22.7 Å². The average Bonchev–Trinajstić information content (AvgIpc) is 2.93. The average molecular weight is 374 g/mol. The molecule has 0 bridgehead atoms. The molecular formula is C17H19N5OS2. The zero-order chi connectivity index (χ0) is 18.1. The lowest BCUT2D eigenvalue weighted by atomic mass is 10.1. The first-order valence-corrected chi connectivity index (χ1v) is 9.45. The number of aliphatic imine (C=N–C) groups is 1. The second-order valence-corrected chi connectivity index (χ2v) is 8.33. The van der Waals surface area contributed by atoms with Crippen LogP contribution in [-0.4, -0.2) is 46.3 Å². The summed E-state index contributed by atoms with van der Waals surface area (Å²) >= 11 is 2.70. The maximum atomic E-state index is 12.4. The van der Waals surface area contributed by atoms with Crippen molar-refractivity contribution in [3.8, 4) is 0 Å². The van der Waals surface area contributed by atoms with E-state index in [0.717, 1.165) is 23.2 Å². The minimum Gasteiger partial charge on any atom is -0.378 e. The fourth-order valence-electron chi connectivity index (χ4n) is 2.32. The lowest BCUT2D eigenvalue weighted by molar-refractivity contribution is -0.114. The highest BCUT2D eigenvalue weighted by atomic mass is 32.2. The molecule has 0 unspecified atom stereocenters. The molecule has 1 aromatic carbocycles. The van der Waals surface area contributed by atoms with Gasteiger partial charge in [0.2, 0.25) is 5.17 Å². The second-order valence-electron chi connectivity index (χ2n) is 6.06. The van der Waals surface area contributed by atoms with Gasteiger partial charge in [0.15, 0.2) is 5.17 Å². The van der Waals surface area contributed by atoms with E-state index in [0.29, 0.717) is 15.6 Å². The first-order valence-electron chi connectivity index (χ1n) is 7.79. The molecule has 1 amide bonds. The van der Waals surface area contributed by atoms with Crippen LogP contribution < -0.4 is 4.90 Å². The van der Waals surface area contributed by atoms with Gasteiger partial charge in [-0.1, -0.05) is 37.7 Å². The van der Waals surface area contributed by atoms with Gasteiger partial charge < -0.3 is 4.90 Å². The second kappa shape index (κ2) is 7.05. The van der Waals surface area contributed by atoms with Crippen LogP contribution in [0.3, 0.4) is 0 Å². The fraction of sp³-hybridized carbons (Fsp3) is 0.294. The van der Waals surface area contributed by atoms with Crippen LogP contribution in [0.25, 0.3) is 6.08 Å². The van der Waals surface area contributed by atoms with Crippen molar-refractivity contribution < 1.29 is 4.79 Å². The van der Waals surface area contributed by atoms with E-state index < -0.39 is 5.91 Å². The summed E-state index contributed by atoms with van der Waals surface area (Å²) in [6, 6.07) is 7.81. The topological polar surface area (TPSA) is 72.1 Å². The molecule has 0 atom stereocenters. The van der Waals surface area contributed by atoms with Crippen molar-refractivity contribution in [1.82, 2.24) is 4.90 Å². The van der Waals surface area contributed by atoms with Gasteiger partial charge in [-0.25, -0.2) is 4.90 Å². The molecule has 0 aliphatic carbocycles. The summed E-state index contributed by atoms with van der Waals surface area (Å²) < 4.78 is 4.34. The zero-order valence-corrected chi connectivity index (χ0v) is 16.1. The molecule has 0 saturated carbocycles. The highest BCUT2D eigenvalue weighted by Crippen LogP contribution is 2.33. The molecule has 2 aliphatic heterocycles. The minimum atomic E-state index is -0.397. The van der Waals surface area contributed by atoms with Crippen LogP contribution in [0.4, 0.5) is 5.69 Å². The SMILES string of the molecule is CC(C)SC1=NSC2=NC(=O)/C(=C\c3ccc(N(C)C)cc3)C(=N)N21. The smallest absolute Gasteiger partial charge is 0.283 e. The maximum Gasteiger partial charge on any atom is 0.283 e. The van der Waals surface area contributed by atoms with Crippen molar-refractivity contribution in [2.45, 2.75) is 19.1 Å². The Labute approximate surface area is 155 Å². The fourth-order valence-corrected chi connectivity index (χ4v) is 4.00. The van der Waals surface area contributed by atoms with Crippen LogP contribution in [0.2, 0.25) is 0 Å². The summed E-state index contributed by atoms with van der Waals surface area (Å²) in [6.07, 6.45) is 1.71. The zero-order valence-electron chi connectivity index (χ0n) is 14.5. The first kappa shape index (κ1) is 17.8. The number of nitrogens with zero attached hydrogens (tertiary/aromatic N) is 4. The molecule has 2 heterocycles. The molecule has 8 heteroatoms. The molecule has 0 aromatic heterocycles. The number of hydrogen-bond donors (Lipinski definition) is 1. The van der Waals surface area contributed by atoms with E-state index in [2.05, 4.69) is 23.2 Å². The molecule has 0 spiro atoms. The summed E-state index contributed by atoms with van der Waals surface area (Å²) in [5, 5.41) is 9.96. The molecule has 25 heavy (non-hydrogen) atoms. The molecule has 130 valence electrons. The van der Waals surface area contributed by atoms with Gasteiger partial charge in [-0.2, -0.15) is 9.39 Å². The number of anilines is 1. The van der Waals surface area contributed by atoms with Crippen molar-refractivity contribution in [3.05, 3.63) is 35.4 Å². The molecule has 1 aromatic rings. The number of amidine groups is 3. The Morgan fingerprint density at radius 2 is 1.96 bits per heavy atom. The Bertz CT molecular complexity index is 809. The van der Waals surface area contributed by atoms with Gasteiger partial charge in [-0.05, 0) is 23.8 Å². The monoisotopic (exact) mass is 373 g/mol. The van der Waals surface area contributed by atoms with Crippen LogP contribution in [-0.2, 0) is 4.79 Å². The molecule has 0 saturated heterocycles. The van der Waals surface area contributed by atoms with Crippen molar-refractivity contribution >= 4 is 57.6 Å². The number of benzene rings is 1. The number of rotatable bonds is 3. The molecule has 6 nitrogen and oxygen atoms in total. The van der Waals surface area contributed by atoms with Crippen LogP contribution in [0.1, 0.15) is 19.4 Å². The standard InChI is InChI=1S/C17H19N5OS2/c1-10(2)24-17-20-25-16-19-15(23)13(14(18)22(16)17)9-11-5-7-12(8-6-11)21(3)4/h5-10,18H,1-4H3/b13-9-,18-14?. The van der Waals surface area contributed by atoms with E-state index in [1.807, 2.05) is 43.3 Å². The Hall–Kier alpha value is -2.06. The molecule has 1 N–H and O–H groups in total. The number of thioether (sulfide) groups is 1. The van der Waals surface area contributed by atoms with Gasteiger partial charge in [0, 0.05) is 25.0 Å². The largest absolute Gasteiger partial charge is 0.378 e. The third-order valence-corrected chi connectivity index (χ3v) is 5.33. The summed E-state index contributed by atoms with van der Waals surface area (Å²) in [7, 11) is 3.95. The van der Waals surface area contributed by atoms with E-state index in [4.69, 9.17) is 5.41 Å². The van der Waals surface area contributed by atoms with Crippen molar-refractivity contribution in [1.29, 1.82) is 5.41 Å².